The van der Waals surface area contributed by atoms with Gasteiger partial charge in [-0.25, -0.2) is 4.68 Å². The first-order valence-corrected chi connectivity index (χ1v) is 9.27. The quantitative estimate of drug-likeness (QED) is 0.795. The number of nitrogens with zero attached hydrogens (tertiary/aromatic N) is 3. The molecule has 0 bridgehead atoms. The first-order valence-electron chi connectivity index (χ1n) is 9.27. The summed E-state index contributed by atoms with van der Waals surface area (Å²) in [6.45, 7) is 3.68. The molecule has 2 aliphatic heterocycles. The van der Waals surface area contributed by atoms with Crippen molar-refractivity contribution in [2.24, 2.45) is 0 Å². The fourth-order valence-electron chi connectivity index (χ4n) is 3.99. The molecule has 1 N–H and O–H groups in total. The van der Waals surface area contributed by atoms with E-state index in [0.717, 1.165) is 25.0 Å². The Hall–Kier alpha value is -1.32. The number of hydrogen-bond donors (Lipinski definition) is 1. The number of aromatic nitrogens is 3. The number of methoxy groups -OCH3 is 1. The Kier molecular flexibility index (Phi) is 4.87. The second-order valence-corrected chi connectivity index (χ2v) is 7.66. The second-order valence-electron chi connectivity index (χ2n) is 7.66. The topological polar surface area (TPSA) is 87.9 Å². The lowest BCUT2D eigenvalue weighted by Crippen LogP contribution is -2.36. The van der Waals surface area contributed by atoms with Gasteiger partial charge in [-0.2, -0.15) is 0 Å². The molecule has 4 rings (SSSR count). The molecule has 0 saturated carbocycles. The molecule has 0 amide bonds. The van der Waals surface area contributed by atoms with Crippen LogP contribution in [0.25, 0.3) is 0 Å². The van der Waals surface area contributed by atoms with Crippen molar-refractivity contribution in [3.63, 3.8) is 0 Å². The molecule has 1 aromatic rings. The molecule has 0 aromatic carbocycles. The maximum atomic E-state index is 10.8. The molecule has 0 spiro atoms. The predicted octanol–water partition coefficient (Wildman–Crippen LogP) is 1.70. The lowest BCUT2D eigenvalue weighted by atomic mass is 9.96. The van der Waals surface area contributed by atoms with Crippen LogP contribution in [0.5, 0.6) is 0 Å². The number of rotatable bonds is 5. The maximum absolute atomic E-state index is 10.8. The van der Waals surface area contributed by atoms with Crippen molar-refractivity contribution in [3.8, 4) is 0 Å². The number of fused-ring (bicyclic) bond motifs is 1. The third kappa shape index (κ3) is 3.44. The van der Waals surface area contributed by atoms with E-state index in [-0.39, 0.29) is 6.10 Å². The molecule has 8 nitrogen and oxygen atoms in total. The second kappa shape index (κ2) is 7.01. The van der Waals surface area contributed by atoms with E-state index in [1.54, 1.807) is 13.3 Å². The van der Waals surface area contributed by atoms with E-state index in [0.29, 0.717) is 0 Å². The molecule has 8 heteroatoms. The average Bonchev–Trinajstić information content (AvgIpc) is 3.28. The van der Waals surface area contributed by atoms with E-state index in [1.807, 2.05) is 13.8 Å². The Labute approximate surface area is 153 Å². The van der Waals surface area contributed by atoms with Crippen LogP contribution in [-0.2, 0) is 25.4 Å². The third-order valence-electron chi connectivity index (χ3n) is 5.20. The third-order valence-corrected chi connectivity index (χ3v) is 5.20. The highest BCUT2D eigenvalue weighted by molar-refractivity contribution is 5.13. The normalized spacial score (nSPS) is 34.5. The monoisotopic (exact) mass is 365 g/mol. The highest BCUT2D eigenvalue weighted by Crippen LogP contribution is 2.41. The van der Waals surface area contributed by atoms with Gasteiger partial charge >= 0.3 is 0 Å². The Bertz CT molecular complexity index is 674. The van der Waals surface area contributed by atoms with Crippen molar-refractivity contribution in [2.75, 3.05) is 7.11 Å². The van der Waals surface area contributed by atoms with Crippen LogP contribution in [0.2, 0.25) is 0 Å². The zero-order chi connectivity index (χ0) is 18.3. The molecule has 0 radical (unpaired) electrons. The first kappa shape index (κ1) is 18.1. The summed E-state index contributed by atoms with van der Waals surface area (Å²) in [7, 11) is 1.55. The van der Waals surface area contributed by atoms with E-state index < -0.39 is 30.5 Å². The van der Waals surface area contributed by atoms with Crippen molar-refractivity contribution in [3.05, 3.63) is 23.5 Å². The minimum Gasteiger partial charge on any atom is -0.369 e. The van der Waals surface area contributed by atoms with Crippen LogP contribution >= 0.6 is 0 Å². The van der Waals surface area contributed by atoms with Gasteiger partial charge in [0.05, 0.1) is 11.9 Å². The van der Waals surface area contributed by atoms with Gasteiger partial charge in [0.1, 0.15) is 18.3 Å². The van der Waals surface area contributed by atoms with Gasteiger partial charge in [0.15, 0.2) is 18.3 Å². The van der Waals surface area contributed by atoms with Crippen molar-refractivity contribution in [2.45, 2.75) is 82.6 Å². The summed E-state index contributed by atoms with van der Waals surface area (Å²) < 4.78 is 24.4. The highest BCUT2D eigenvalue weighted by Gasteiger charge is 2.57. The van der Waals surface area contributed by atoms with E-state index in [2.05, 4.69) is 16.4 Å². The van der Waals surface area contributed by atoms with Crippen LogP contribution in [0.3, 0.4) is 0 Å². The van der Waals surface area contributed by atoms with Gasteiger partial charge in [-0.1, -0.05) is 16.9 Å². The molecule has 5 atom stereocenters. The van der Waals surface area contributed by atoms with Crippen molar-refractivity contribution in [1.29, 1.82) is 0 Å². The van der Waals surface area contributed by atoms with Gasteiger partial charge in [0.25, 0.3) is 0 Å². The Morgan fingerprint density at radius 1 is 1.35 bits per heavy atom. The number of aliphatic hydroxyl groups is 1. The van der Waals surface area contributed by atoms with E-state index in [1.165, 1.54) is 23.1 Å². The van der Waals surface area contributed by atoms with E-state index in [4.69, 9.17) is 18.9 Å². The van der Waals surface area contributed by atoms with Crippen LogP contribution in [-0.4, -0.2) is 57.6 Å². The summed E-state index contributed by atoms with van der Waals surface area (Å²) in [5.74, 6) is -0.741. The summed E-state index contributed by atoms with van der Waals surface area (Å²) in [6, 6.07) is 0. The molecule has 144 valence electrons. The Morgan fingerprint density at radius 2 is 2.15 bits per heavy atom. The molecular weight excluding hydrogens is 338 g/mol. The molecular formula is C18H27N3O5. The Balaban J connectivity index is 1.47. The SMILES string of the molecule is CO[C@@H]1O[C@H](C(O)n2cc(CC3=CCCCC3)nn2)[C@H]2OC(C)(C)O[C@@H]12. The first-order chi connectivity index (χ1) is 12.5. The minimum absolute atomic E-state index is 0.384. The van der Waals surface area contributed by atoms with Gasteiger partial charge in [0, 0.05) is 13.5 Å². The van der Waals surface area contributed by atoms with E-state index in [9.17, 15) is 5.11 Å². The fourth-order valence-corrected chi connectivity index (χ4v) is 3.99. The average molecular weight is 365 g/mol. The lowest BCUT2D eigenvalue weighted by molar-refractivity contribution is -0.243. The molecule has 2 saturated heterocycles. The summed E-state index contributed by atoms with van der Waals surface area (Å²) in [4.78, 5) is 0. The highest BCUT2D eigenvalue weighted by atomic mass is 16.8. The van der Waals surface area contributed by atoms with Crippen LogP contribution < -0.4 is 0 Å². The van der Waals surface area contributed by atoms with Crippen LogP contribution in [0.1, 0.15) is 51.5 Å². The molecule has 1 aromatic heterocycles. The maximum Gasteiger partial charge on any atom is 0.186 e. The van der Waals surface area contributed by atoms with Crippen molar-refractivity contribution in [1.82, 2.24) is 15.0 Å². The van der Waals surface area contributed by atoms with Crippen LogP contribution in [0.4, 0.5) is 0 Å². The zero-order valence-electron chi connectivity index (χ0n) is 15.5. The summed E-state index contributed by atoms with van der Waals surface area (Å²) in [6.07, 6.45) is 6.51. The Morgan fingerprint density at radius 3 is 2.88 bits per heavy atom. The molecule has 26 heavy (non-hydrogen) atoms. The van der Waals surface area contributed by atoms with Gasteiger partial charge in [-0.05, 0) is 39.5 Å². The van der Waals surface area contributed by atoms with Crippen LogP contribution in [0, 0.1) is 0 Å². The van der Waals surface area contributed by atoms with Crippen molar-refractivity contribution < 1.29 is 24.1 Å². The fraction of sp³-hybridized carbons (Fsp3) is 0.778. The number of ether oxygens (including phenoxy) is 4. The standard InChI is InChI=1S/C18H27N3O5/c1-18(2)25-13-14(24-17(23-3)15(13)26-18)16(22)21-10-12(19-20-21)9-11-7-5-4-6-8-11/h7,10,13-17,22H,4-6,8-9H2,1-3H3/t13-,14+,15-,16?,17-/m1/s1. The molecule has 2 fully saturated rings. The van der Waals surface area contributed by atoms with Crippen molar-refractivity contribution >= 4 is 0 Å². The lowest BCUT2D eigenvalue weighted by Gasteiger charge is -2.25. The molecule has 1 aliphatic carbocycles. The summed E-state index contributed by atoms with van der Waals surface area (Å²) >= 11 is 0. The van der Waals surface area contributed by atoms with Gasteiger partial charge in [-0.15, -0.1) is 5.10 Å². The van der Waals surface area contributed by atoms with Crippen LogP contribution in [0.15, 0.2) is 17.8 Å². The number of aliphatic hydroxyl groups excluding tert-OH is 1. The number of allylic oxidation sites excluding steroid dienone is 2. The smallest absolute Gasteiger partial charge is 0.186 e. The minimum atomic E-state index is -1.03. The molecule has 1 unspecified atom stereocenters. The predicted molar refractivity (Wildman–Crippen MR) is 91.0 cm³/mol. The van der Waals surface area contributed by atoms with Gasteiger partial charge in [-0.3, -0.25) is 0 Å². The zero-order valence-corrected chi connectivity index (χ0v) is 15.5. The molecule has 3 heterocycles. The number of hydrogen-bond acceptors (Lipinski definition) is 7. The van der Waals surface area contributed by atoms with Gasteiger partial charge in [0.2, 0.25) is 0 Å². The molecule has 3 aliphatic rings. The summed E-state index contributed by atoms with van der Waals surface area (Å²) in [5, 5.41) is 19.1. The van der Waals surface area contributed by atoms with E-state index >= 15 is 0 Å². The van der Waals surface area contributed by atoms with Gasteiger partial charge < -0.3 is 24.1 Å². The summed E-state index contributed by atoms with van der Waals surface area (Å²) in [5.41, 5.74) is 2.24. The largest absolute Gasteiger partial charge is 0.369 e.